The first-order chi connectivity index (χ1) is 25.2. The first kappa shape index (κ1) is 34.3. The number of carboxylic acids is 1. The molecule has 1 amide bonds. The van der Waals surface area contributed by atoms with E-state index >= 15 is 0 Å². The molecule has 3 aromatic heterocycles. The van der Waals surface area contributed by atoms with E-state index in [4.69, 9.17) is 9.72 Å². The Morgan fingerprint density at radius 3 is 2.69 bits per heavy atom. The van der Waals surface area contributed by atoms with E-state index in [2.05, 4.69) is 35.2 Å². The molecule has 3 aliphatic carbocycles. The maximum Gasteiger partial charge on any atom is 0.355 e. The molecule has 3 fully saturated rings. The Balaban J connectivity index is 1.03. The Kier molecular flexibility index (Phi) is 9.19. The van der Waals surface area contributed by atoms with Gasteiger partial charge in [-0.15, -0.1) is 0 Å². The molecule has 4 unspecified atom stereocenters. The van der Waals surface area contributed by atoms with Crippen molar-refractivity contribution in [2.24, 2.45) is 23.2 Å². The number of rotatable bonds is 8. The highest BCUT2D eigenvalue weighted by Gasteiger charge is 2.42. The van der Waals surface area contributed by atoms with E-state index in [1.54, 1.807) is 6.20 Å². The third kappa shape index (κ3) is 6.64. The van der Waals surface area contributed by atoms with Crippen molar-refractivity contribution in [1.29, 1.82) is 0 Å². The summed E-state index contributed by atoms with van der Waals surface area (Å²) in [5.41, 5.74) is 5.64. The van der Waals surface area contributed by atoms with Gasteiger partial charge < -0.3 is 14.7 Å². The van der Waals surface area contributed by atoms with Crippen molar-refractivity contribution in [2.75, 3.05) is 23.4 Å². The number of anilines is 2. The van der Waals surface area contributed by atoms with E-state index in [-0.39, 0.29) is 17.0 Å². The lowest BCUT2D eigenvalue weighted by Crippen LogP contribution is -2.40. The average molecular weight is 716 g/mol. The minimum absolute atomic E-state index is 0.0232. The lowest BCUT2D eigenvalue weighted by Gasteiger charge is -2.47. The van der Waals surface area contributed by atoms with Gasteiger partial charge in [0.1, 0.15) is 5.82 Å². The monoisotopic (exact) mass is 715 g/mol. The molecule has 9 rings (SSSR count). The summed E-state index contributed by atoms with van der Waals surface area (Å²) in [6.07, 6.45) is 9.86. The van der Waals surface area contributed by atoms with Gasteiger partial charge in [-0.3, -0.25) is 10.1 Å². The summed E-state index contributed by atoms with van der Waals surface area (Å²) in [4.78, 5) is 42.3. The predicted molar refractivity (Wildman–Crippen MR) is 205 cm³/mol. The van der Waals surface area contributed by atoms with Crippen molar-refractivity contribution in [2.45, 2.75) is 72.3 Å². The molecule has 1 aliphatic heterocycles. The second-order valence-electron chi connectivity index (χ2n) is 15.4. The molecule has 4 atom stereocenters. The number of nitrogens with one attached hydrogen (secondary N) is 1. The summed E-state index contributed by atoms with van der Waals surface area (Å²) in [6, 6.07) is 19.2. The average Bonchev–Trinajstić information content (AvgIpc) is 3.55. The molecule has 2 bridgehead atoms. The zero-order valence-corrected chi connectivity index (χ0v) is 30.8. The number of amides is 1. The number of carboxylic acid groups (broad SMARTS) is 1. The molecule has 5 aromatic rings. The van der Waals surface area contributed by atoms with Gasteiger partial charge >= 0.3 is 5.97 Å². The van der Waals surface area contributed by atoms with Gasteiger partial charge in [-0.2, -0.15) is 0 Å². The molecule has 0 spiro atoms. The summed E-state index contributed by atoms with van der Waals surface area (Å²) in [6.45, 7) is 8.45. The van der Waals surface area contributed by atoms with Crippen molar-refractivity contribution < 1.29 is 19.4 Å². The number of hydrogen-bond acceptors (Lipinski definition) is 8. The summed E-state index contributed by atoms with van der Waals surface area (Å²) in [7, 11) is 0. The summed E-state index contributed by atoms with van der Waals surface area (Å²) in [5.74, 6) is 2.00. The maximum atomic E-state index is 13.6. The van der Waals surface area contributed by atoms with Crippen LogP contribution >= 0.6 is 11.3 Å². The van der Waals surface area contributed by atoms with Gasteiger partial charge in [0.05, 0.1) is 16.8 Å². The Bertz CT molecular complexity index is 2130. The number of para-hydroxylation sites is 1. The van der Waals surface area contributed by atoms with Crippen LogP contribution in [0, 0.1) is 30.1 Å². The fourth-order valence-electron chi connectivity index (χ4n) is 9.13. The van der Waals surface area contributed by atoms with Gasteiger partial charge in [-0.1, -0.05) is 55.9 Å². The molecule has 9 nitrogen and oxygen atoms in total. The number of thiazole rings is 1. The number of ether oxygens (including phenoxy) is 1. The van der Waals surface area contributed by atoms with Crippen LogP contribution in [0.15, 0.2) is 66.9 Å². The van der Waals surface area contributed by atoms with Gasteiger partial charge in [-0.25, -0.2) is 19.7 Å². The number of fused-ring (bicyclic) bond motifs is 7. The first-order valence-electron chi connectivity index (χ1n) is 18.5. The van der Waals surface area contributed by atoms with Crippen molar-refractivity contribution >= 4 is 44.4 Å². The standard InChI is InChI=1S/C42H45N5O4S/c1-25-11-12-28-15-18-42(21-25,22-26(28)2)24-51-39-27(3)30(16-19-43-39)31-13-14-36(45-37(31)40(49)50)47-20-17-29-7-6-8-32(33(29)23-47)38(48)46-41-44-34-9-4-5-10-35(34)52-41/h4-10,13-14,16,19,25-26,28H,11-12,15,17-18,20-24H2,1-3H3,(H,49,50)(H,44,46,48). The Hall–Kier alpha value is -4.83. The number of carbonyl (C=O) groups is 2. The van der Waals surface area contributed by atoms with E-state index in [0.29, 0.717) is 65.9 Å². The maximum absolute atomic E-state index is 13.6. The van der Waals surface area contributed by atoms with Crippen molar-refractivity contribution in [3.8, 4) is 17.0 Å². The third-order valence-corrected chi connectivity index (χ3v) is 12.8. The minimum atomic E-state index is -1.10. The minimum Gasteiger partial charge on any atom is -0.477 e. The zero-order chi connectivity index (χ0) is 36.0. The number of aromatic nitrogens is 3. The highest BCUT2D eigenvalue weighted by molar-refractivity contribution is 7.22. The van der Waals surface area contributed by atoms with E-state index in [0.717, 1.165) is 38.4 Å². The number of hydrogen-bond donors (Lipinski definition) is 2. The van der Waals surface area contributed by atoms with Gasteiger partial charge in [0, 0.05) is 41.4 Å². The highest BCUT2D eigenvalue weighted by atomic mass is 32.1. The molecule has 0 saturated heterocycles. The van der Waals surface area contributed by atoms with Gasteiger partial charge in [0.15, 0.2) is 10.8 Å². The van der Waals surface area contributed by atoms with Gasteiger partial charge in [-0.05, 0) is 116 Å². The molecule has 4 aliphatic rings. The number of carbonyl (C=O) groups excluding carboxylic acids is 1. The zero-order valence-electron chi connectivity index (χ0n) is 30.0. The Morgan fingerprint density at radius 2 is 1.87 bits per heavy atom. The Morgan fingerprint density at radius 1 is 1.00 bits per heavy atom. The SMILES string of the molecule is Cc1c(-c2ccc(N3CCc4cccc(C(=O)Nc5nc6ccccc6s5)c4C3)nc2C(=O)O)ccnc1OCC12CCC(CCC(C)C1)C(C)C2. The molecular formula is C42H45N5O4S. The fraction of sp³-hybridized carbons (Fsp3) is 0.405. The summed E-state index contributed by atoms with van der Waals surface area (Å²) < 4.78 is 7.57. The second-order valence-corrected chi connectivity index (χ2v) is 16.4. The molecule has 4 heterocycles. The van der Waals surface area contributed by atoms with Crippen molar-refractivity contribution in [3.05, 3.63) is 94.8 Å². The molecule has 52 heavy (non-hydrogen) atoms. The van der Waals surface area contributed by atoms with Crippen LogP contribution < -0.4 is 15.0 Å². The van der Waals surface area contributed by atoms with Crippen molar-refractivity contribution in [1.82, 2.24) is 15.0 Å². The van der Waals surface area contributed by atoms with E-state index < -0.39 is 5.97 Å². The van der Waals surface area contributed by atoms with Crippen LogP contribution in [0.4, 0.5) is 10.9 Å². The van der Waals surface area contributed by atoms with Crippen LogP contribution in [-0.2, 0) is 13.0 Å². The molecule has 0 radical (unpaired) electrons. The molecule has 3 saturated carbocycles. The lowest BCUT2D eigenvalue weighted by atomic mass is 9.59. The summed E-state index contributed by atoms with van der Waals surface area (Å²) in [5, 5.41) is 14.0. The van der Waals surface area contributed by atoms with E-state index in [9.17, 15) is 14.7 Å². The van der Waals surface area contributed by atoms with Crippen LogP contribution in [0.2, 0.25) is 0 Å². The smallest absolute Gasteiger partial charge is 0.355 e. The normalized spacial score (nSPS) is 22.8. The van der Waals surface area contributed by atoms with Crippen LogP contribution in [0.5, 0.6) is 5.88 Å². The predicted octanol–water partition coefficient (Wildman–Crippen LogP) is 9.20. The number of pyridine rings is 2. The molecule has 268 valence electrons. The fourth-order valence-corrected chi connectivity index (χ4v) is 9.99. The van der Waals surface area contributed by atoms with Gasteiger partial charge in [0.25, 0.3) is 5.91 Å². The lowest BCUT2D eigenvalue weighted by molar-refractivity contribution is 0.00259. The van der Waals surface area contributed by atoms with Crippen LogP contribution in [0.1, 0.15) is 89.9 Å². The van der Waals surface area contributed by atoms with E-state index in [1.807, 2.05) is 66.4 Å². The first-order valence-corrected chi connectivity index (χ1v) is 19.3. The van der Waals surface area contributed by atoms with Crippen LogP contribution in [0.25, 0.3) is 21.3 Å². The number of benzene rings is 2. The van der Waals surface area contributed by atoms with Crippen molar-refractivity contribution in [3.63, 3.8) is 0 Å². The number of nitrogens with zero attached hydrogens (tertiary/aromatic N) is 4. The van der Waals surface area contributed by atoms with E-state index in [1.165, 1.54) is 49.9 Å². The quantitative estimate of drug-likeness (QED) is 0.163. The molecular weight excluding hydrogens is 671 g/mol. The third-order valence-electron chi connectivity index (χ3n) is 11.8. The van der Waals surface area contributed by atoms with Crippen LogP contribution in [0.3, 0.4) is 0 Å². The molecule has 2 aromatic carbocycles. The largest absolute Gasteiger partial charge is 0.477 e. The summed E-state index contributed by atoms with van der Waals surface area (Å²) >= 11 is 1.44. The highest BCUT2D eigenvalue weighted by Crippen LogP contribution is 2.51. The van der Waals surface area contributed by atoms with Crippen LogP contribution in [-0.4, -0.2) is 45.1 Å². The van der Waals surface area contributed by atoms with Gasteiger partial charge in [0.2, 0.25) is 5.88 Å². The molecule has 2 N–H and O–H groups in total. The number of aromatic carboxylic acids is 1. The topological polar surface area (TPSA) is 118 Å². The second kappa shape index (κ2) is 14.0. The molecule has 10 heteroatoms. The Labute approximate surface area is 308 Å².